The highest BCUT2D eigenvalue weighted by Crippen LogP contribution is 2.31. The number of nitrogens with zero attached hydrogens (tertiary/aromatic N) is 1. The Balaban J connectivity index is 1.44. The van der Waals surface area contributed by atoms with Gasteiger partial charge in [0, 0.05) is 21.7 Å². The topological polar surface area (TPSA) is 57.5 Å². The molecule has 0 saturated heterocycles. The van der Waals surface area contributed by atoms with Crippen LogP contribution in [0.4, 0.5) is 0 Å². The number of esters is 1. The van der Waals surface area contributed by atoms with Crippen LogP contribution in [-0.2, 0) is 16.0 Å². The first kappa shape index (κ1) is 33.9. The number of hydrogen-bond donors (Lipinski definition) is 0. The number of ether oxygens (including phenoxy) is 2. The van der Waals surface area contributed by atoms with E-state index < -0.39 is 0 Å². The number of carbonyl (C=O) groups excluding carboxylic acids is 2. The first-order valence-corrected chi connectivity index (χ1v) is 15.9. The molecule has 43 heavy (non-hydrogen) atoms. The molecule has 230 valence electrons. The van der Waals surface area contributed by atoms with Gasteiger partial charge in [0.05, 0.1) is 25.7 Å². The normalized spacial score (nSPS) is 11.8. The number of allylic oxidation sites excluding steroid dienone is 6. The molecule has 0 bridgehead atoms. The van der Waals surface area contributed by atoms with Crippen LogP contribution in [0.1, 0.15) is 92.7 Å². The molecule has 0 aliphatic rings. The summed E-state index contributed by atoms with van der Waals surface area (Å²) in [5, 5.41) is 1.37. The molecular formula is C37H46ClNO4. The number of hydrogen-bond acceptors (Lipinski definition) is 4. The molecule has 0 aliphatic carbocycles. The summed E-state index contributed by atoms with van der Waals surface area (Å²) >= 11 is 6.02. The van der Waals surface area contributed by atoms with Gasteiger partial charge in [0.1, 0.15) is 5.75 Å². The average molecular weight is 604 g/mol. The molecule has 0 radical (unpaired) electrons. The van der Waals surface area contributed by atoms with E-state index in [0.29, 0.717) is 28.6 Å². The average Bonchev–Trinajstić information content (AvgIpc) is 3.28. The molecule has 0 atom stereocenters. The summed E-state index contributed by atoms with van der Waals surface area (Å²) in [5.74, 6) is 0.180. The Bertz CT molecular complexity index is 1400. The number of halogens is 1. The quantitative estimate of drug-likeness (QED) is 0.0824. The smallest absolute Gasteiger partial charge is 0.310 e. The lowest BCUT2D eigenvalue weighted by molar-refractivity contribution is -0.142. The van der Waals surface area contributed by atoms with Crippen molar-refractivity contribution >= 4 is 34.4 Å². The molecule has 0 spiro atoms. The number of methoxy groups -OCH3 is 1. The maximum absolute atomic E-state index is 13.5. The van der Waals surface area contributed by atoms with Gasteiger partial charge in [-0.15, -0.1) is 0 Å². The Hall–Kier alpha value is -3.57. The van der Waals surface area contributed by atoms with Crippen molar-refractivity contribution in [1.29, 1.82) is 0 Å². The van der Waals surface area contributed by atoms with E-state index in [2.05, 4.69) is 43.4 Å². The lowest BCUT2D eigenvalue weighted by Crippen LogP contribution is -2.14. The Morgan fingerprint density at radius 3 is 2.14 bits per heavy atom. The highest BCUT2D eigenvalue weighted by molar-refractivity contribution is 6.30. The molecule has 3 rings (SSSR count). The fourth-order valence-electron chi connectivity index (χ4n) is 5.01. The number of carbonyl (C=O) groups is 2. The van der Waals surface area contributed by atoms with Gasteiger partial charge in [-0.1, -0.05) is 67.8 Å². The van der Waals surface area contributed by atoms with Crippen molar-refractivity contribution in [2.45, 2.75) is 84.5 Å². The maximum Gasteiger partial charge on any atom is 0.310 e. The van der Waals surface area contributed by atoms with Crippen LogP contribution in [0.2, 0.25) is 5.02 Å². The molecule has 0 amide bonds. The number of benzene rings is 2. The van der Waals surface area contributed by atoms with Gasteiger partial charge in [0.15, 0.2) is 0 Å². The Labute approximate surface area is 262 Å². The van der Waals surface area contributed by atoms with Crippen molar-refractivity contribution in [3.05, 3.63) is 101 Å². The predicted octanol–water partition coefficient (Wildman–Crippen LogP) is 9.98. The molecular weight excluding hydrogens is 558 g/mol. The van der Waals surface area contributed by atoms with E-state index in [4.69, 9.17) is 21.1 Å². The molecule has 3 aromatic rings. The van der Waals surface area contributed by atoms with Crippen LogP contribution in [0.5, 0.6) is 5.75 Å². The third kappa shape index (κ3) is 10.9. The number of unbranched alkanes of at least 4 members (excludes halogenated alkanes) is 6. The van der Waals surface area contributed by atoms with Gasteiger partial charge in [-0.25, -0.2) is 0 Å². The molecule has 0 N–H and O–H groups in total. The monoisotopic (exact) mass is 603 g/mol. The van der Waals surface area contributed by atoms with Gasteiger partial charge in [0.25, 0.3) is 5.91 Å². The van der Waals surface area contributed by atoms with Crippen molar-refractivity contribution in [3.63, 3.8) is 0 Å². The van der Waals surface area contributed by atoms with Crippen LogP contribution in [0.25, 0.3) is 10.9 Å². The zero-order valence-electron chi connectivity index (χ0n) is 25.9. The third-order valence-corrected chi connectivity index (χ3v) is 7.71. The Kier molecular flexibility index (Phi) is 14.9. The van der Waals surface area contributed by atoms with Crippen molar-refractivity contribution in [2.24, 2.45) is 0 Å². The van der Waals surface area contributed by atoms with Crippen molar-refractivity contribution < 1.29 is 19.1 Å². The van der Waals surface area contributed by atoms with Crippen molar-refractivity contribution in [3.8, 4) is 5.75 Å². The lowest BCUT2D eigenvalue weighted by Gasteiger charge is -2.08. The minimum Gasteiger partial charge on any atom is -0.497 e. The van der Waals surface area contributed by atoms with E-state index in [1.54, 1.807) is 35.9 Å². The zero-order chi connectivity index (χ0) is 30.9. The molecule has 1 heterocycles. The molecule has 0 saturated carbocycles. The van der Waals surface area contributed by atoms with Crippen molar-refractivity contribution in [2.75, 3.05) is 13.7 Å². The van der Waals surface area contributed by atoms with Gasteiger partial charge in [-0.2, -0.15) is 0 Å². The molecule has 0 aliphatic heterocycles. The van der Waals surface area contributed by atoms with E-state index in [1.165, 1.54) is 25.7 Å². The summed E-state index contributed by atoms with van der Waals surface area (Å²) in [7, 11) is 1.60. The van der Waals surface area contributed by atoms with E-state index in [0.717, 1.165) is 55.0 Å². The minimum atomic E-state index is -0.300. The van der Waals surface area contributed by atoms with Gasteiger partial charge in [-0.3, -0.25) is 14.2 Å². The molecule has 0 fully saturated rings. The third-order valence-electron chi connectivity index (χ3n) is 7.45. The Morgan fingerprint density at radius 1 is 0.837 bits per heavy atom. The summed E-state index contributed by atoms with van der Waals surface area (Å²) in [5.41, 5.74) is 2.71. The largest absolute Gasteiger partial charge is 0.497 e. The SMILES string of the molecule is CCCCCC=CCC=CC/C=C\CCCCCOC(=O)Cc1c(C)n(C(=O)c2ccc(Cl)cc2)c2ccc(OC)cc12. The second-order valence-electron chi connectivity index (χ2n) is 10.7. The highest BCUT2D eigenvalue weighted by atomic mass is 35.5. The standard InChI is InChI=1S/C37H46ClNO4/c1-4-5-6-7-8-9-10-11-12-13-14-15-16-17-18-19-26-43-36(40)28-33-29(2)39(35-25-24-32(42-3)27-34(33)35)37(41)30-20-22-31(38)23-21-30/h8-9,11-12,14-15,20-25,27H,4-7,10,13,16-19,26,28H2,1-3H3/b9-8?,12-11?,15-14-. The van der Waals surface area contributed by atoms with E-state index in [9.17, 15) is 9.59 Å². The first-order chi connectivity index (χ1) is 21.0. The highest BCUT2D eigenvalue weighted by Gasteiger charge is 2.22. The maximum atomic E-state index is 13.5. The second kappa shape index (κ2) is 18.9. The molecule has 5 nitrogen and oxygen atoms in total. The molecule has 6 heteroatoms. The Morgan fingerprint density at radius 2 is 1.49 bits per heavy atom. The van der Waals surface area contributed by atoms with Crippen LogP contribution in [0, 0.1) is 6.92 Å². The summed E-state index contributed by atoms with van der Waals surface area (Å²) in [4.78, 5) is 26.3. The summed E-state index contributed by atoms with van der Waals surface area (Å²) in [6.45, 7) is 4.48. The van der Waals surface area contributed by atoms with E-state index in [1.807, 2.05) is 25.1 Å². The summed E-state index contributed by atoms with van der Waals surface area (Å²) in [6, 6.07) is 12.3. The predicted molar refractivity (Wildman–Crippen MR) is 178 cm³/mol. The fraction of sp³-hybridized carbons (Fsp3) is 0.405. The van der Waals surface area contributed by atoms with Crippen LogP contribution in [0.15, 0.2) is 78.9 Å². The van der Waals surface area contributed by atoms with Crippen LogP contribution < -0.4 is 4.74 Å². The fourth-order valence-corrected chi connectivity index (χ4v) is 5.13. The lowest BCUT2D eigenvalue weighted by atomic mass is 10.1. The number of aromatic nitrogens is 1. The molecule has 2 aromatic carbocycles. The molecule has 1 aromatic heterocycles. The van der Waals surface area contributed by atoms with Crippen LogP contribution >= 0.6 is 11.6 Å². The van der Waals surface area contributed by atoms with Crippen molar-refractivity contribution in [1.82, 2.24) is 4.57 Å². The van der Waals surface area contributed by atoms with Gasteiger partial charge < -0.3 is 9.47 Å². The number of fused-ring (bicyclic) bond motifs is 1. The van der Waals surface area contributed by atoms with Crippen LogP contribution in [0.3, 0.4) is 0 Å². The molecule has 0 unspecified atom stereocenters. The van der Waals surface area contributed by atoms with Crippen LogP contribution in [-0.4, -0.2) is 30.2 Å². The van der Waals surface area contributed by atoms with Gasteiger partial charge in [0.2, 0.25) is 0 Å². The van der Waals surface area contributed by atoms with E-state index in [-0.39, 0.29) is 18.3 Å². The summed E-state index contributed by atoms with van der Waals surface area (Å²) in [6.07, 6.45) is 24.5. The first-order valence-electron chi connectivity index (χ1n) is 15.5. The second-order valence-corrected chi connectivity index (χ2v) is 11.2. The van der Waals surface area contributed by atoms with E-state index >= 15 is 0 Å². The minimum absolute atomic E-state index is 0.0846. The summed E-state index contributed by atoms with van der Waals surface area (Å²) < 4.78 is 12.7. The van der Waals surface area contributed by atoms with Gasteiger partial charge >= 0.3 is 5.97 Å². The zero-order valence-corrected chi connectivity index (χ0v) is 26.7. The number of rotatable bonds is 18. The van der Waals surface area contributed by atoms with Gasteiger partial charge in [-0.05, 0) is 106 Å².